The van der Waals surface area contributed by atoms with Gasteiger partial charge < -0.3 is 19.5 Å². The first-order valence-electron chi connectivity index (χ1n) is 16.9. The first kappa shape index (κ1) is 39.9. The Morgan fingerprint density at radius 3 is 2.12 bits per heavy atom. The second-order valence-electron chi connectivity index (χ2n) is 13.9. The molecule has 5 unspecified atom stereocenters. The van der Waals surface area contributed by atoms with Gasteiger partial charge >= 0.3 is 24.1 Å². The van der Waals surface area contributed by atoms with Crippen molar-refractivity contribution in [1.82, 2.24) is 5.32 Å². The molecule has 0 spiro atoms. The van der Waals surface area contributed by atoms with E-state index in [1.165, 1.54) is 0 Å². The zero-order valence-electron chi connectivity index (χ0n) is 27.7. The van der Waals surface area contributed by atoms with Crippen LogP contribution in [0.25, 0.3) is 0 Å². The fourth-order valence-electron chi connectivity index (χ4n) is 8.45. The van der Waals surface area contributed by atoms with Crippen LogP contribution in [0.3, 0.4) is 0 Å². The molecular weight excluding hydrogens is 723 g/mol. The summed E-state index contributed by atoms with van der Waals surface area (Å²) < 4.78 is 163. The van der Waals surface area contributed by atoms with Crippen LogP contribution in [-0.2, 0) is 22.4 Å². The summed E-state index contributed by atoms with van der Waals surface area (Å²) >= 11 is 4.11. The smallest absolute Gasteiger partial charge is 0.435 e. The molecular formula is C35H40F11NO3S. The first-order chi connectivity index (χ1) is 23.8. The Labute approximate surface area is 294 Å². The van der Waals surface area contributed by atoms with E-state index >= 15 is 0 Å². The van der Waals surface area contributed by atoms with E-state index in [9.17, 15) is 48.3 Å². The minimum absolute atomic E-state index is 0.0371. The van der Waals surface area contributed by atoms with Crippen LogP contribution in [0.1, 0.15) is 74.5 Å². The lowest BCUT2D eigenvalue weighted by atomic mass is 9.55. The van der Waals surface area contributed by atoms with Gasteiger partial charge in [-0.1, -0.05) is 13.0 Å². The molecule has 5 atom stereocenters. The van der Waals surface area contributed by atoms with Gasteiger partial charge in [0.25, 0.3) is 0 Å². The van der Waals surface area contributed by atoms with Gasteiger partial charge in [-0.2, -0.15) is 52.1 Å². The fourth-order valence-corrected chi connectivity index (χ4v) is 8.60. The van der Waals surface area contributed by atoms with Crippen molar-refractivity contribution < 1.29 is 62.5 Å². The number of hydrogen-bond donors (Lipinski definition) is 2. The maximum Gasteiger partial charge on any atom is 0.435 e. The summed E-state index contributed by atoms with van der Waals surface area (Å²) in [6, 6.07) is 7.94. The number of rotatable bonds is 13. The standard InChI is InChI=1S/C35H40F11NO3S/c1-31-11-10-24-23-7-5-21(50-22-17-28(36)26(29(37)18-22)19-47-12-2-15-51)16-20(23)4-6-25(24)27(31)8-9-30(31)48-13-3-14-49-32(33(38,39)40,34(41,42)43)35(44,45)46/h5,7,16-18,24-25,27,30,47,51H,2-4,6,8-15,19H2,1H3. The number of aryl methyl sites for hydroxylation is 1. The largest absolute Gasteiger partial charge is 0.457 e. The van der Waals surface area contributed by atoms with Crippen molar-refractivity contribution in [2.24, 2.45) is 17.3 Å². The Kier molecular flexibility index (Phi) is 11.9. The van der Waals surface area contributed by atoms with E-state index in [1.54, 1.807) is 6.07 Å². The number of benzene rings is 2. The minimum atomic E-state index is -6.77. The highest BCUT2D eigenvalue weighted by atomic mass is 32.1. The lowest BCUT2D eigenvalue weighted by Gasteiger charge is -2.50. The lowest BCUT2D eigenvalue weighted by Crippen LogP contribution is -2.67. The Hall–Kier alpha value is -2.30. The summed E-state index contributed by atoms with van der Waals surface area (Å²) in [6.07, 6.45) is -16.0. The molecule has 4 nitrogen and oxygen atoms in total. The van der Waals surface area contributed by atoms with Gasteiger partial charge in [0.2, 0.25) is 0 Å². The molecule has 3 aliphatic carbocycles. The van der Waals surface area contributed by atoms with Gasteiger partial charge in [0.1, 0.15) is 23.1 Å². The Morgan fingerprint density at radius 1 is 0.824 bits per heavy atom. The number of ether oxygens (including phenoxy) is 3. The van der Waals surface area contributed by atoms with E-state index < -0.39 is 48.8 Å². The van der Waals surface area contributed by atoms with Crippen molar-refractivity contribution in [1.29, 1.82) is 0 Å². The molecule has 2 fully saturated rings. The number of alkyl halides is 9. The third-order valence-electron chi connectivity index (χ3n) is 10.9. The van der Waals surface area contributed by atoms with E-state index in [0.717, 1.165) is 61.8 Å². The van der Waals surface area contributed by atoms with Gasteiger partial charge in [0.05, 0.1) is 12.7 Å². The summed E-state index contributed by atoms with van der Waals surface area (Å²) in [6.45, 7) is 0.853. The third kappa shape index (κ3) is 7.84. The first-order valence-corrected chi connectivity index (χ1v) is 17.5. The highest BCUT2D eigenvalue weighted by Crippen LogP contribution is 2.62. The van der Waals surface area contributed by atoms with E-state index in [-0.39, 0.29) is 53.7 Å². The summed E-state index contributed by atoms with van der Waals surface area (Å²) in [5.74, 6) is 0.426. The molecule has 2 aromatic carbocycles. The molecule has 286 valence electrons. The SMILES string of the molecule is CC12CCC3c4ccc(Oc5cc(F)c(CNCCCS)c(F)c5)cc4CCC3C1CCC2OCCCOC(C(F)(F)F)(C(F)(F)F)C(F)(F)F. The van der Waals surface area contributed by atoms with E-state index in [0.29, 0.717) is 24.5 Å². The third-order valence-corrected chi connectivity index (χ3v) is 11.2. The minimum Gasteiger partial charge on any atom is -0.457 e. The maximum absolute atomic E-state index is 14.7. The van der Waals surface area contributed by atoms with Crippen LogP contribution in [0.5, 0.6) is 11.5 Å². The molecule has 0 radical (unpaired) electrons. The van der Waals surface area contributed by atoms with E-state index in [4.69, 9.17) is 9.47 Å². The van der Waals surface area contributed by atoms with Crippen molar-refractivity contribution in [3.8, 4) is 11.5 Å². The van der Waals surface area contributed by atoms with Crippen LogP contribution < -0.4 is 10.1 Å². The normalized spacial score (nSPS) is 25.4. The molecule has 2 saturated carbocycles. The number of nitrogens with one attached hydrogen (secondary N) is 1. The van der Waals surface area contributed by atoms with Crippen LogP contribution >= 0.6 is 12.6 Å². The van der Waals surface area contributed by atoms with Gasteiger partial charge in [0.15, 0.2) is 0 Å². The predicted molar refractivity (Wildman–Crippen MR) is 169 cm³/mol. The van der Waals surface area contributed by atoms with Crippen molar-refractivity contribution >= 4 is 12.6 Å². The second kappa shape index (κ2) is 15.2. The summed E-state index contributed by atoms with van der Waals surface area (Å²) in [5, 5.41) is 2.98. The predicted octanol–water partition coefficient (Wildman–Crippen LogP) is 10.2. The molecule has 5 rings (SSSR count). The Bertz CT molecular complexity index is 1460. The number of thiol groups is 1. The topological polar surface area (TPSA) is 39.7 Å². The van der Waals surface area contributed by atoms with Crippen LogP contribution in [0, 0.1) is 28.9 Å². The molecule has 0 heterocycles. The summed E-state index contributed by atoms with van der Waals surface area (Å²) in [7, 11) is 0. The zero-order chi connectivity index (χ0) is 37.4. The van der Waals surface area contributed by atoms with Crippen LogP contribution in [0.2, 0.25) is 0 Å². The average Bonchev–Trinajstić information content (AvgIpc) is 3.35. The van der Waals surface area contributed by atoms with Crippen LogP contribution in [0.4, 0.5) is 48.3 Å². The van der Waals surface area contributed by atoms with Crippen molar-refractivity contribution in [3.63, 3.8) is 0 Å². The van der Waals surface area contributed by atoms with Gasteiger partial charge in [-0.15, -0.1) is 0 Å². The number of hydrogen-bond acceptors (Lipinski definition) is 5. The molecule has 0 aliphatic heterocycles. The van der Waals surface area contributed by atoms with Gasteiger partial charge in [0, 0.05) is 30.8 Å². The van der Waals surface area contributed by atoms with Gasteiger partial charge in [-0.25, -0.2) is 8.78 Å². The fraction of sp³-hybridized carbons (Fsp3) is 0.657. The average molecular weight is 764 g/mol. The Balaban J connectivity index is 1.18. The highest BCUT2D eigenvalue weighted by Gasteiger charge is 2.85. The molecule has 0 bridgehead atoms. The summed E-state index contributed by atoms with van der Waals surface area (Å²) in [4.78, 5) is 0. The number of fused-ring (bicyclic) bond motifs is 5. The molecule has 0 aromatic heterocycles. The van der Waals surface area contributed by atoms with E-state index in [1.807, 2.05) is 12.1 Å². The van der Waals surface area contributed by atoms with Crippen LogP contribution in [0.15, 0.2) is 30.3 Å². The molecule has 16 heteroatoms. The van der Waals surface area contributed by atoms with Crippen LogP contribution in [-0.4, -0.2) is 55.7 Å². The monoisotopic (exact) mass is 763 g/mol. The molecule has 51 heavy (non-hydrogen) atoms. The van der Waals surface area contributed by atoms with Gasteiger partial charge in [-0.3, -0.25) is 0 Å². The lowest BCUT2D eigenvalue weighted by molar-refractivity contribution is -0.457. The van der Waals surface area contributed by atoms with Gasteiger partial charge in [-0.05, 0) is 110 Å². The second-order valence-corrected chi connectivity index (χ2v) is 14.3. The molecule has 0 amide bonds. The summed E-state index contributed by atoms with van der Waals surface area (Å²) in [5.41, 5.74) is -4.47. The van der Waals surface area contributed by atoms with E-state index in [2.05, 4.69) is 29.6 Å². The Morgan fingerprint density at radius 2 is 1.49 bits per heavy atom. The molecule has 0 saturated heterocycles. The maximum atomic E-state index is 14.7. The zero-order valence-corrected chi connectivity index (χ0v) is 28.6. The molecule has 1 N–H and O–H groups in total. The van der Waals surface area contributed by atoms with Crippen molar-refractivity contribution in [2.75, 3.05) is 25.5 Å². The molecule has 3 aliphatic rings. The van der Waals surface area contributed by atoms with Crippen molar-refractivity contribution in [2.45, 2.75) is 101 Å². The number of halogens is 11. The van der Waals surface area contributed by atoms with Crippen molar-refractivity contribution in [3.05, 3.63) is 58.7 Å². The quantitative estimate of drug-likeness (QED) is 0.121. The highest BCUT2D eigenvalue weighted by molar-refractivity contribution is 7.80. The molecule has 2 aromatic rings.